The van der Waals surface area contributed by atoms with Gasteiger partial charge < -0.3 is 4.52 Å². The molecule has 0 aliphatic heterocycles. The van der Waals surface area contributed by atoms with Gasteiger partial charge in [-0.3, -0.25) is 9.67 Å². The minimum Gasteiger partial charge on any atom is -0.359 e. The zero-order chi connectivity index (χ0) is 17.2. The van der Waals surface area contributed by atoms with Gasteiger partial charge in [0.05, 0.1) is 0 Å². The second-order valence-electron chi connectivity index (χ2n) is 5.74. The molecule has 4 aromatic rings. The Morgan fingerprint density at radius 1 is 1.04 bits per heavy atom. The van der Waals surface area contributed by atoms with Crippen LogP contribution < -0.4 is 0 Å². The van der Waals surface area contributed by atoms with Crippen molar-refractivity contribution in [3.8, 4) is 16.9 Å². The zero-order valence-electron chi connectivity index (χ0n) is 13.6. The van der Waals surface area contributed by atoms with Gasteiger partial charge in [-0.25, -0.2) is 0 Å². The van der Waals surface area contributed by atoms with E-state index in [4.69, 9.17) is 16.7 Å². The molecule has 0 radical (unpaired) electrons. The molecule has 0 unspecified atom stereocenters. The van der Waals surface area contributed by atoms with E-state index in [0.29, 0.717) is 17.0 Å². The van der Waals surface area contributed by atoms with E-state index in [1.807, 2.05) is 60.0 Å². The summed E-state index contributed by atoms with van der Waals surface area (Å²) in [5, 5.41) is 11.6. The van der Waals surface area contributed by atoms with Gasteiger partial charge in [-0.2, -0.15) is 5.10 Å². The van der Waals surface area contributed by atoms with E-state index in [1.165, 1.54) is 0 Å². The Balaban J connectivity index is 1.85. The Morgan fingerprint density at radius 3 is 2.44 bits per heavy atom. The Bertz CT molecular complexity index is 1050. The topological polar surface area (TPSA) is 59.6 Å². The van der Waals surface area contributed by atoms with Crippen molar-refractivity contribution in [2.24, 2.45) is 0 Å². The largest absolute Gasteiger partial charge is 0.359 e. The Labute approximate surface area is 149 Å². The summed E-state index contributed by atoms with van der Waals surface area (Å²) in [6.07, 6.45) is 0.660. The van der Waals surface area contributed by atoms with Crippen molar-refractivity contribution in [3.05, 3.63) is 82.6 Å². The van der Waals surface area contributed by atoms with Crippen molar-refractivity contribution in [1.29, 1.82) is 0 Å². The van der Waals surface area contributed by atoms with Crippen LogP contribution in [0.15, 0.2) is 65.2 Å². The van der Waals surface area contributed by atoms with Crippen molar-refractivity contribution in [2.75, 3.05) is 0 Å². The molecular formula is C19H16N4OS. The van der Waals surface area contributed by atoms with Gasteiger partial charge in [0.2, 0.25) is 0 Å². The highest BCUT2D eigenvalue weighted by Crippen LogP contribution is 2.29. The summed E-state index contributed by atoms with van der Waals surface area (Å²) in [7, 11) is 0. The first-order valence-corrected chi connectivity index (χ1v) is 8.37. The maximum Gasteiger partial charge on any atom is 0.200 e. The molecule has 0 aliphatic carbocycles. The lowest BCUT2D eigenvalue weighted by Gasteiger charge is -2.08. The van der Waals surface area contributed by atoms with Crippen molar-refractivity contribution in [1.82, 2.24) is 19.9 Å². The first kappa shape index (κ1) is 15.5. The molecule has 0 saturated heterocycles. The summed E-state index contributed by atoms with van der Waals surface area (Å²) in [5.74, 6) is 1.52. The maximum atomic E-state index is 5.48. The molecule has 124 valence electrons. The average molecular weight is 348 g/mol. The molecule has 25 heavy (non-hydrogen) atoms. The minimum atomic E-state index is 0.523. The smallest absolute Gasteiger partial charge is 0.200 e. The Kier molecular flexibility index (Phi) is 4.03. The lowest BCUT2D eigenvalue weighted by atomic mass is 10.1. The van der Waals surface area contributed by atoms with Crippen molar-refractivity contribution in [2.45, 2.75) is 13.3 Å². The number of nitrogens with one attached hydrogen (secondary N) is 1. The van der Waals surface area contributed by atoms with E-state index in [1.54, 1.807) is 0 Å². The molecule has 0 spiro atoms. The summed E-state index contributed by atoms with van der Waals surface area (Å²) < 4.78 is 7.91. The number of rotatable bonds is 4. The molecule has 1 N–H and O–H groups in total. The highest BCUT2D eigenvalue weighted by molar-refractivity contribution is 7.71. The van der Waals surface area contributed by atoms with Crippen LogP contribution in [0.5, 0.6) is 0 Å². The summed E-state index contributed by atoms with van der Waals surface area (Å²) in [5.41, 5.74) is 3.72. The number of aromatic amines is 1. The van der Waals surface area contributed by atoms with E-state index < -0.39 is 0 Å². The molecule has 4 rings (SSSR count). The van der Waals surface area contributed by atoms with Gasteiger partial charge in [0.1, 0.15) is 17.2 Å². The SMILES string of the molecule is Cc1onc(-c2ccccc2)c1-n1c(Cc2ccccc2)n[nH]c1=S. The first-order valence-electron chi connectivity index (χ1n) is 7.96. The van der Waals surface area contributed by atoms with Crippen LogP contribution in [0.3, 0.4) is 0 Å². The molecule has 6 heteroatoms. The molecular weight excluding hydrogens is 332 g/mol. The Morgan fingerprint density at radius 2 is 1.72 bits per heavy atom. The lowest BCUT2D eigenvalue weighted by Crippen LogP contribution is -2.04. The monoisotopic (exact) mass is 348 g/mol. The van der Waals surface area contributed by atoms with E-state index in [2.05, 4.69) is 27.5 Å². The van der Waals surface area contributed by atoms with E-state index in [9.17, 15) is 0 Å². The third-order valence-corrected chi connectivity index (χ3v) is 4.32. The van der Waals surface area contributed by atoms with Gasteiger partial charge in [-0.15, -0.1) is 0 Å². The normalized spacial score (nSPS) is 10.9. The number of nitrogens with zero attached hydrogens (tertiary/aromatic N) is 3. The highest BCUT2D eigenvalue weighted by Gasteiger charge is 2.20. The van der Waals surface area contributed by atoms with Gasteiger partial charge >= 0.3 is 0 Å². The lowest BCUT2D eigenvalue weighted by molar-refractivity contribution is 0.399. The molecule has 0 fully saturated rings. The van der Waals surface area contributed by atoms with Gasteiger partial charge in [0.25, 0.3) is 0 Å². The van der Waals surface area contributed by atoms with Crippen molar-refractivity contribution >= 4 is 12.2 Å². The van der Waals surface area contributed by atoms with Gasteiger partial charge in [-0.1, -0.05) is 65.8 Å². The fourth-order valence-electron chi connectivity index (χ4n) is 2.87. The third kappa shape index (κ3) is 2.92. The van der Waals surface area contributed by atoms with E-state index in [-0.39, 0.29) is 0 Å². The number of H-pyrrole nitrogens is 1. The van der Waals surface area contributed by atoms with Crippen LogP contribution in [0.25, 0.3) is 16.9 Å². The fourth-order valence-corrected chi connectivity index (χ4v) is 3.12. The molecule has 0 saturated carbocycles. The summed E-state index contributed by atoms with van der Waals surface area (Å²) >= 11 is 5.48. The van der Waals surface area contributed by atoms with Crippen LogP contribution in [0.2, 0.25) is 0 Å². The van der Waals surface area contributed by atoms with Crippen LogP contribution in [0.4, 0.5) is 0 Å². The Hall–Kier alpha value is -2.99. The maximum absolute atomic E-state index is 5.48. The molecule has 5 nitrogen and oxygen atoms in total. The molecule has 2 aromatic heterocycles. The van der Waals surface area contributed by atoms with E-state index in [0.717, 1.165) is 28.3 Å². The summed E-state index contributed by atoms with van der Waals surface area (Å²) in [6, 6.07) is 20.1. The van der Waals surface area contributed by atoms with Crippen LogP contribution in [0, 0.1) is 11.7 Å². The van der Waals surface area contributed by atoms with Gasteiger partial charge in [-0.05, 0) is 24.7 Å². The van der Waals surface area contributed by atoms with Crippen LogP contribution in [0.1, 0.15) is 17.1 Å². The van der Waals surface area contributed by atoms with Crippen molar-refractivity contribution in [3.63, 3.8) is 0 Å². The average Bonchev–Trinajstić information content (AvgIpc) is 3.19. The highest BCUT2D eigenvalue weighted by atomic mass is 32.1. The third-order valence-electron chi connectivity index (χ3n) is 4.05. The number of aromatic nitrogens is 4. The number of hydrogen-bond acceptors (Lipinski definition) is 4. The molecule has 2 aromatic carbocycles. The molecule has 0 atom stereocenters. The number of hydrogen-bond donors (Lipinski definition) is 1. The summed E-state index contributed by atoms with van der Waals surface area (Å²) in [4.78, 5) is 0. The van der Waals surface area contributed by atoms with Crippen LogP contribution >= 0.6 is 12.2 Å². The standard InChI is InChI=1S/C19H16N4OS/c1-13-18(17(22-24-13)15-10-6-3-7-11-15)23-16(20-21-19(23)25)12-14-8-4-2-5-9-14/h2-11H,12H2,1H3,(H,21,25). The molecule has 0 amide bonds. The summed E-state index contributed by atoms with van der Waals surface area (Å²) in [6.45, 7) is 1.88. The second kappa shape index (κ2) is 6.49. The van der Waals surface area contributed by atoms with Crippen LogP contribution in [-0.2, 0) is 6.42 Å². The molecule has 0 aliphatic rings. The number of benzene rings is 2. The van der Waals surface area contributed by atoms with Gasteiger partial charge in [0, 0.05) is 12.0 Å². The quantitative estimate of drug-likeness (QED) is 0.552. The molecule has 0 bridgehead atoms. The zero-order valence-corrected chi connectivity index (χ0v) is 14.5. The van der Waals surface area contributed by atoms with E-state index >= 15 is 0 Å². The van der Waals surface area contributed by atoms with Crippen molar-refractivity contribution < 1.29 is 4.52 Å². The minimum absolute atomic E-state index is 0.523. The molecule has 2 heterocycles. The van der Waals surface area contributed by atoms with Crippen LogP contribution in [-0.4, -0.2) is 19.9 Å². The van der Waals surface area contributed by atoms with Gasteiger partial charge in [0.15, 0.2) is 10.5 Å². The predicted molar refractivity (Wildman–Crippen MR) is 98.2 cm³/mol. The fraction of sp³-hybridized carbons (Fsp3) is 0.105. The predicted octanol–water partition coefficient (Wildman–Crippen LogP) is 4.48. The first-order chi connectivity index (χ1) is 12.2. The number of aryl methyl sites for hydroxylation is 1. The second-order valence-corrected chi connectivity index (χ2v) is 6.13.